The van der Waals surface area contributed by atoms with E-state index in [2.05, 4.69) is 42.2 Å². The molecule has 9 heteroatoms. The standard InChI is InChI=1S/C34H37N5O3Si/c1-5-42-32(40)18-13-25-9-8-10-27(21-25)33-37-31-12-7-6-11-30(31)34(38-33)36-29-16-14-26(15-17-29)28-22-35-39(23-28)24-41-19-20-43(2,3)4/h6-18,21-23H,5,19-20,24H2,1-4H3,(H,36,37,38)/b18-13+. The van der Waals surface area contributed by atoms with E-state index in [0.29, 0.717) is 25.0 Å². The summed E-state index contributed by atoms with van der Waals surface area (Å²) in [5.74, 6) is 0.927. The van der Waals surface area contributed by atoms with Crippen LogP contribution in [0.1, 0.15) is 12.5 Å². The third kappa shape index (κ3) is 8.24. The molecule has 2 heterocycles. The van der Waals surface area contributed by atoms with Crippen LogP contribution < -0.4 is 5.32 Å². The van der Waals surface area contributed by atoms with E-state index in [0.717, 1.165) is 51.5 Å². The molecule has 220 valence electrons. The van der Waals surface area contributed by atoms with Gasteiger partial charge < -0.3 is 14.8 Å². The third-order valence-electron chi connectivity index (χ3n) is 6.78. The Balaban J connectivity index is 1.33. The molecule has 0 saturated carbocycles. The lowest BCUT2D eigenvalue weighted by molar-refractivity contribution is -0.137. The molecule has 0 amide bonds. The second-order valence-electron chi connectivity index (χ2n) is 11.4. The minimum Gasteiger partial charge on any atom is -0.463 e. The minimum absolute atomic E-state index is 0.339. The molecule has 3 aromatic carbocycles. The first-order chi connectivity index (χ1) is 20.8. The zero-order chi connectivity index (χ0) is 30.2. The molecule has 0 saturated heterocycles. The molecular weight excluding hydrogens is 554 g/mol. The van der Waals surface area contributed by atoms with Crippen LogP contribution in [0.5, 0.6) is 0 Å². The first kappa shape index (κ1) is 29.9. The fourth-order valence-electron chi connectivity index (χ4n) is 4.44. The van der Waals surface area contributed by atoms with E-state index in [1.165, 1.54) is 6.08 Å². The van der Waals surface area contributed by atoms with Crippen molar-refractivity contribution >= 4 is 42.5 Å². The number of aromatic nitrogens is 4. The highest BCUT2D eigenvalue weighted by molar-refractivity contribution is 6.76. The lowest BCUT2D eigenvalue weighted by Gasteiger charge is -2.15. The van der Waals surface area contributed by atoms with Crippen molar-refractivity contribution in [1.29, 1.82) is 0 Å². The van der Waals surface area contributed by atoms with Gasteiger partial charge in [0.05, 0.1) is 18.3 Å². The Bertz CT molecular complexity index is 1720. The number of esters is 1. The fraction of sp³-hybridized carbons (Fsp3) is 0.235. The van der Waals surface area contributed by atoms with Gasteiger partial charge in [-0.2, -0.15) is 5.10 Å². The van der Waals surface area contributed by atoms with Crippen LogP contribution in [0.3, 0.4) is 0 Å². The van der Waals surface area contributed by atoms with Gasteiger partial charge in [0.25, 0.3) is 0 Å². The van der Waals surface area contributed by atoms with Crippen LogP contribution in [-0.2, 0) is 21.0 Å². The SMILES string of the molecule is CCOC(=O)/C=C/c1cccc(-c2nc(Nc3ccc(-c4cnn(COCC[Si](C)(C)C)c4)cc3)c3ccccc3n2)c1. The van der Waals surface area contributed by atoms with Crippen LogP contribution in [0.25, 0.3) is 39.5 Å². The van der Waals surface area contributed by atoms with Crippen molar-refractivity contribution in [3.8, 4) is 22.5 Å². The largest absolute Gasteiger partial charge is 0.463 e. The maximum atomic E-state index is 11.8. The van der Waals surface area contributed by atoms with Crippen LogP contribution in [0.4, 0.5) is 11.5 Å². The lowest BCUT2D eigenvalue weighted by Crippen LogP contribution is -2.22. The van der Waals surface area contributed by atoms with Crippen molar-refractivity contribution in [3.63, 3.8) is 0 Å². The van der Waals surface area contributed by atoms with Gasteiger partial charge in [-0.15, -0.1) is 0 Å². The van der Waals surface area contributed by atoms with Crippen LogP contribution in [0, 0.1) is 0 Å². The topological polar surface area (TPSA) is 91.2 Å². The van der Waals surface area contributed by atoms with Crippen molar-refractivity contribution in [2.24, 2.45) is 0 Å². The molecule has 43 heavy (non-hydrogen) atoms. The summed E-state index contributed by atoms with van der Waals surface area (Å²) < 4.78 is 12.7. The highest BCUT2D eigenvalue weighted by atomic mass is 28.3. The Hall–Kier alpha value is -4.60. The molecule has 0 spiro atoms. The lowest BCUT2D eigenvalue weighted by atomic mass is 10.1. The highest BCUT2D eigenvalue weighted by Crippen LogP contribution is 2.29. The molecule has 0 aliphatic rings. The van der Waals surface area contributed by atoms with Crippen molar-refractivity contribution in [2.75, 3.05) is 18.5 Å². The van der Waals surface area contributed by atoms with Gasteiger partial charge in [-0.1, -0.05) is 62.1 Å². The first-order valence-corrected chi connectivity index (χ1v) is 18.2. The van der Waals surface area contributed by atoms with Gasteiger partial charge in [-0.25, -0.2) is 19.4 Å². The summed E-state index contributed by atoms with van der Waals surface area (Å²) in [6.07, 6.45) is 7.03. The molecule has 5 rings (SSSR count). The number of anilines is 2. The normalized spacial score (nSPS) is 11.7. The second-order valence-corrected chi connectivity index (χ2v) is 17.1. The summed E-state index contributed by atoms with van der Waals surface area (Å²) in [7, 11) is -1.11. The average molecular weight is 592 g/mol. The summed E-state index contributed by atoms with van der Waals surface area (Å²) in [4.78, 5) is 21.5. The molecule has 8 nitrogen and oxygen atoms in total. The number of nitrogens with one attached hydrogen (secondary N) is 1. The molecule has 0 unspecified atom stereocenters. The van der Waals surface area contributed by atoms with E-state index in [1.54, 1.807) is 13.0 Å². The summed E-state index contributed by atoms with van der Waals surface area (Å²) in [6.45, 7) is 10.4. The number of benzene rings is 3. The maximum Gasteiger partial charge on any atom is 0.330 e. The number of nitrogens with zero attached hydrogens (tertiary/aromatic N) is 4. The molecule has 0 atom stereocenters. The van der Waals surface area contributed by atoms with Crippen LogP contribution >= 0.6 is 0 Å². The number of carbonyl (C=O) groups is 1. The van der Waals surface area contributed by atoms with Crippen molar-refractivity contribution in [2.45, 2.75) is 39.3 Å². The van der Waals surface area contributed by atoms with Gasteiger partial charge >= 0.3 is 5.97 Å². The maximum absolute atomic E-state index is 11.8. The van der Waals surface area contributed by atoms with Crippen molar-refractivity contribution in [1.82, 2.24) is 19.7 Å². The smallest absolute Gasteiger partial charge is 0.330 e. The van der Waals surface area contributed by atoms with E-state index in [9.17, 15) is 4.79 Å². The number of ether oxygens (including phenoxy) is 2. The van der Waals surface area contributed by atoms with Gasteiger partial charge in [-0.05, 0) is 60.5 Å². The number of rotatable bonds is 12. The highest BCUT2D eigenvalue weighted by Gasteiger charge is 2.13. The minimum atomic E-state index is -1.11. The molecule has 0 aliphatic heterocycles. The van der Waals surface area contributed by atoms with Crippen LogP contribution in [-0.4, -0.2) is 47.0 Å². The molecule has 0 radical (unpaired) electrons. The molecular formula is C34H37N5O3Si. The Kier molecular flexibility index (Phi) is 9.44. The third-order valence-corrected chi connectivity index (χ3v) is 8.48. The van der Waals surface area contributed by atoms with E-state index < -0.39 is 8.07 Å². The molecule has 1 N–H and O–H groups in total. The van der Waals surface area contributed by atoms with Gasteiger partial charge in [0.15, 0.2) is 5.82 Å². The number of hydrogen-bond acceptors (Lipinski definition) is 7. The quantitative estimate of drug-likeness (QED) is 0.0685. The number of para-hydroxylation sites is 1. The predicted molar refractivity (Wildman–Crippen MR) is 176 cm³/mol. The zero-order valence-electron chi connectivity index (χ0n) is 25.1. The summed E-state index contributed by atoms with van der Waals surface area (Å²) in [5.41, 5.74) is 5.54. The van der Waals surface area contributed by atoms with Crippen LogP contribution in [0.2, 0.25) is 25.7 Å². The number of carbonyl (C=O) groups excluding carboxylic acids is 1. The Morgan fingerprint density at radius 1 is 0.953 bits per heavy atom. The summed E-state index contributed by atoms with van der Waals surface area (Å²) in [6, 6.07) is 25.0. The molecule has 0 aliphatic carbocycles. The molecule has 0 bridgehead atoms. The van der Waals surface area contributed by atoms with E-state index in [1.807, 2.05) is 77.7 Å². The summed E-state index contributed by atoms with van der Waals surface area (Å²) >= 11 is 0. The Morgan fingerprint density at radius 3 is 2.56 bits per heavy atom. The van der Waals surface area contributed by atoms with Crippen LogP contribution in [0.15, 0.2) is 91.3 Å². The molecule has 2 aromatic heterocycles. The first-order valence-electron chi connectivity index (χ1n) is 14.5. The number of fused-ring (bicyclic) bond motifs is 1. The molecule has 5 aromatic rings. The fourth-order valence-corrected chi connectivity index (χ4v) is 5.20. The number of hydrogen-bond donors (Lipinski definition) is 1. The van der Waals surface area contributed by atoms with Crippen molar-refractivity contribution < 1.29 is 14.3 Å². The van der Waals surface area contributed by atoms with Gasteiger partial charge in [0, 0.05) is 49.2 Å². The van der Waals surface area contributed by atoms with Crippen molar-refractivity contribution in [3.05, 3.63) is 96.8 Å². The zero-order valence-corrected chi connectivity index (χ0v) is 26.1. The van der Waals surface area contributed by atoms with Gasteiger partial charge in [-0.3, -0.25) is 0 Å². The molecule has 0 fully saturated rings. The monoisotopic (exact) mass is 591 g/mol. The van der Waals surface area contributed by atoms with Gasteiger partial charge in [0.1, 0.15) is 12.5 Å². The van der Waals surface area contributed by atoms with E-state index in [4.69, 9.17) is 19.4 Å². The predicted octanol–water partition coefficient (Wildman–Crippen LogP) is 7.79. The van der Waals surface area contributed by atoms with Gasteiger partial charge in [0.2, 0.25) is 0 Å². The van der Waals surface area contributed by atoms with E-state index in [-0.39, 0.29) is 5.97 Å². The van der Waals surface area contributed by atoms with E-state index >= 15 is 0 Å². The summed E-state index contributed by atoms with van der Waals surface area (Å²) in [5, 5.41) is 8.88. The Labute approximate surface area is 253 Å². The Morgan fingerprint density at radius 2 is 1.77 bits per heavy atom. The average Bonchev–Trinajstić information content (AvgIpc) is 3.47. The second kappa shape index (κ2) is 13.6.